The van der Waals surface area contributed by atoms with Crippen molar-refractivity contribution in [2.75, 3.05) is 26.2 Å². The van der Waals surface area contributed by atoms with Gasteiger partial charge in [0, 0.05) is 24.2 Å². The second kappa shape index (κ2) is 7.51. The van der Waals surface area contributed by atoms with Crippen molar-refractivity contribution in [2.24, 2.45) is 11.7 Å². The number of hydrogen-bond donors (Lipinski definition) is 1. The van der Waals surface area contributed by atoms with Gasteiger partial charge in [-0.25, -0.2) is 0 Å². The number of nitrogens with zero attached hydrogens (tertiary/aromatic N) is 1. The Morgan fingerprint density at radius 2 is 2.20 bits per heavy atom. The number of likely N-dealkylation sites (tertiary alicyclic amines) is 1. The Kier molecular flexibility index (Phi) is 5.97. The van der Waals surface area contributed by atoms with Crippen LogP contribution in [0.5, 0.6) is 5.75 Å². The van der Waals surface area contributed by atoms with E-state index >= 15 is 0 Å². The summed E-state index contributed by atoms with van der Waals surface area (Å²) in [5.41, 5.74) is 5.89. The van der Waals surface area contributed by atoms with E-state index in [9.17, 15) is 0 Å². The van der Waals surface area contributed by atoms with Gasteiger partial charge in [-0.3, -0.25) is 4.90 Å². The van der Waals surface area contributed by atoms with Crippen LogP contribution in [0, 0.1) is 5.92 Å². The fraction of sp³-hybridized carbons (Fsp3) is 0.600. The van der Waals surface area contributed by atoms with E-state index in [0.717, 1.165) is 13.1 Å². The number of benzene rings is 1. The quantitative estimate of drug-likeness (QED) is 0.904. The molecule has 2 unspecified atom stereocenters. The van der Waals surface area contributed by atoms with Crippen LogP contribution in [0.2, 0.25) is 10.0 Å². The smallest absolute Gasteiger partial charge is 0.138 e. The van der Waals surface area contributed by atoms with Crippen molar-refractivity contribution in [1.82, 2.24) is 4.90 Å². The maximum Gasteiger partial charge on any atom is 0.138 e. The lowest BCUT2D eigenvalue weighted by Crippen LogP contribution is -2.49. The summed E-state index contributed by atoms with van der Waals surface area (Å²) < 4.78 is 5.75. The summed E-state index contributed by atoms with van der Waals surface area (Å²) in [7, 11) is 0. The van der Waals surface area contributed by atoms with Crippen molar-refractivity contribution in [3.8, 4) is 5.75 Å². The van der Waals surface area contributed by atoms with Crippen LogP contribution in [0.15, 0.2) is 18.2 Å². The molecule has 0 amide bonds. The van der Waals surface area contributed by atoms with Gasteiger partial charge in [-0.2, -0.15) is 0 Å². The minimum absolute atomic E-state index is 0.466. The molecule has 0 aromatic heterocycles. The zero-order valence-electron chi connectivity index (χ0n) is 11.8. The van der Waals surface area contributed by atoms with Crippen molar-refractivity contribution in [1.29, 1.82) is 0 Å². The number of rotatable bonds is 5. The molecule has 0 bridgehead atoms. The monoisotopic (exact) mass is 316 g/mol. The summed E-state index contributed by atoms with van der Waals surface area (Å²) >= 11 is 12.0. The third-order valence-electron chi connectivity index (χ3n) is 4.00. The van der Waals surface area contributed by atoms with Gasteiger partial charge >= 0.3 is 0 Å². The zero-order valence-corrected chi connectivity index (χ0v) is 13.3. The molecule has 1 fully saturated rings. The van der Waals surface area contributed by atoms with Gasteiger partial charge in [0.1, 0.15) is 12.4 Å². The number of piperidine rings is 1. The van der Waals surface area contributed by atoms with E-state index in [0.29, 0.717) is 40.9 Å². The Labute approximate surface area is 131 Å². The highest BCUT2D eigenvalue weighted by atomic mass is 35.5. The zero-order chi connectivity index (χ0) is 14.5. The first-order valence-corrected chi connectivity index (χ1v) is 7.89. The molecule has 1 aliphatic rings. The third-order valence-corrected chi connectivity index (χ3v) is 4.53. The van der Waals surface area contributed by atoms with Crippen molar-refractivity contribution in [3.05, 3.63) is 28.2 Å². The molecule has 0 radical (unpaired) electrons. The predicted molar refractivity (Wildman–Crippen MR) is 84.8 cm³/mol. The summed E-state index contributed by atoms with van der Waals surface area (Å²) in [4.78, 5) is 2.43. The lowest BCUT2D eigenvalue weighted by atomic mass is 9.91. The van der Waals surface area contributed by atoms with Crippen molar-refractivity contribution in [3.63, 3.8) is 0 Å². The van der Waals surface area contributed by atoms with Gasteiger partial charge in [-0.15, -0.1) is 0 Å². The molecule has 1 heterocycles. The maximum absolute atomic E-state index is 6.09. The van der Waals surface area contributed by atoms with Gasteiger partial charge < -0.3 is 10.5 Å². The fourth-order valence-electron chi connectivity index (χ4n) is 2.86. The van der Waals surface area contributed by atoms with Gasteiger partial charge in [0.05, 0.1) is 5.02 Å². The van der Waals surface area contributed by atoms with Crippen LogP contribution in [0.25, 0.3) is 0 Å². The van der Waals surface area contributed by atoms with Crippen LogP contribution >= 0.6 is 23.2 Å². The van der Waals surface area contributed by atoms with E-state index in [1.807, 2.05) is 6.07 Å². The molecule has 1 aromatic carbocycles. The van der Waals surface area contributed by atoms with Gasteiger partial charge in [0.15, 0.2) is 0 Å². The van der Waals surface area contributed by atoms with Crippen molar-refractivity contribution >= 4 is 23.2 Å². The molecule has 2 atom stereocenters. The average Bonchev–Trinajstić information content (AvgIpc) is 2.41. The highest BCUT2D eigenvalue weighted by molar-refractivity contribution is 6.35. The number of nitrogens with two attached hydrogens (primary N) is 1. The minimum atomic E-state index is 0.466. The second-order valence-electron chi connectivity index (χ2n) is 5.38. The highest BCUT2D eigenvalue weighted by Crippen LogP contribution is 2.28. The summed E-state index contributed by atoms with van der Waals surface area (Å²) in [5.74, 6) is 1.35. The lowest BCUT2D eigenvalue weighted by Gasteiger charge is -2.39. The fourth-order valence-corrected chi connectivity index (χ4v) is 3.32. The second-order valence-corrected chi connectivity index (χ2v) is 6.23. The molecule has 0 aliphatic carbocycles. The van der Waals surface area contributed by atoms with Gasteiger partial charge in [-0.05, 0) is 43.5 Å². The Balaban J connectivity index is 1.85. The average molecular weight is 317 g/mol. The number of hydrogen-bond acceptors (Lipinski definition) is 3. The minimum Gasteiger partial charge on any atom is -0.491 e. The predicted octanol–water partition coefficient (Wildman–Crippen LogP) is 3.43. The van der Waals surface area contributed by atoms with Gasteiger partial charge in [0.25, 0.3) is 0 Å². The van der Waals surface area contributed by atoms with E-state index in [4.69, 9.17) is 33.7 Å². The summed E-state index contributed by atoms with van der Waals surface area (Å²) in [6.07, 6.45) is 2.50. The van der Waals surface area contributed by atoms with E-state index in [1.165, 1.54) is 12.8 Å². The van der Waals surface area contributed by atoms with E-state index in [-0.39, 0.29) is 0 Å². The first-order chi connectivity index (χ1) is 9.61. The Morgan fingerprint density at radius 1 is 1.40 bits per heavy atom. The Hall–Kier alpha value is -0.480. The van der Waals surface area contributed by atoms with E-state index < -0.39 is 0 Å². The van der Waals surface area contributed by atoms with Crippen LogP contribution in [-0.4, -0.2) is 37.2 Å². The Bertz CT molecular complexity index is 442. The first-order valence-electron chi connectivity index (χ1n) is 7.13. The molecule has 1 aliphatic heterocycles. The van der Waals surface area contributed by atoms with Gasteiger partial charge in [-0.1, -0.05) is 30.1 Å². The van der Waals surface area contributed by atoms with E-state index in [2.05, 4.69) is 11.8 Å². The number of ether oxygens (including phenoxy) is 1. The lowest BCUT2D eigenvalue weighted by molar-refractivity contribution is 0.0895. The molecular weight excluding hydrogens is 295 g/mol. The van der Waals surface area contributed by atoms with Gasteiger partial charge in [0.2, 0.25) is 0 Å². The summed E-state index contributed by atoms with van der Waals surface area (Å²) in [6, 6.07) is 5.76. The molecule has 0 saturated carbocycles. The molecule has 1 aromatic rings. The Morgan fingerprint density at radius 3 is 2.90 bits per heavy atom. The standard InChI is InChI=1S/C15H22Cl2N2O/c1-11-3-2-6-19(14(11)10-18)7-8-20-15-5-4-12(16)9-13(15)17/h4-5,9,11,14H,2-3,6-8,10,18H2,1H3. The molecule has 5 heteroatoms. The van der Waals surface area contributed by atoms with Crippen LogP contribution < -0.4 is 10.5 Å². The first kappa shape index (κ1) is 15.9. The molecule has 2 rings (SSSR count). The molecule has 0 spiro atoms. The molecular formula is C15H22Cl2N2O. The normalized spacial score (nSPS) is 23.8. The number of halogens is 2. The molecule has 1 saturated heterocycles. The SMILES string of the molecule is CC1CCCN(CCOc2ccc(Cl)cc2Cl)C1CN. The summed E-state index contributed by atoms with van der Waals surface area (Å²) in [6.45, 7) is 5.59. The third kappa shape index (κ3) is 4.01. The molecule has 3 nitrogen and oxygen atoms in total. The molecule has 112 valence electrons. The molecule has 2 N–H and O–H groups in total. The van der Waals surface area contributed by atoms with Crippen molar-refractivity contribution < 1.29 is 4.74 Å². The van der Waals surface area contributed by atoms with Crippen LogP contribution in [0.4, 0.5) is 0 Å². The van der Waals surface area contributed by atoms with Crippen molar-refractivity contribution in [2.45, 2.75) is 25.8 Å². The largest absolute Gasteiger partial charge is 0.491 e. The highest BCUT2D eigenvalue weighted by Gasteiger charge is 2.26. The maximum atomic E-state index is 6.09. The van der Waals surface area contributed by atoms with E-state index in [1.54, 1.807) is 12.1 Å². The topological polar surface area (TPSA) is 38.5 Å². The summed E-state index contributed by atoms with van der Waals surface area (Å²) in [5, 5.41) is 1.18. The van der Waals surface area contributed by atoms with Crippen LogP contribution in [0.1, 0.15) is 19.8 Å². The molecule has 20 heavy (non-hydrogen) atoms. The van der Waals surface area contributed by atoms with Crippen LogP contribution in [-0.2, 0) is 0 Å². The van der Waals surface area contributed by atoms with Crippen LogP contribution in [0.3, 0.4) is 0 Å².